The Morgan fingerprint density at radius 3 is 2.57 bits per heavy atom. The zero-order chi connectivity index (χ0) is 20.3. The summed E-state index contributed by atoms with van der Waals surface area (Å²) in [6.45, 7) is -1.24. The number of nitrogens with zero attached hydrogens (tertiary/aromatic N) is 2. The summed E-state index contributed by atoms with van der Waals surface area (Å²) >= 11 is 0. The topological polar surface area (TPSA) is 136 Å². The van der Waals surface area contributed by atoms with Crippen LogP contribution in [-0.2, 0) is 14.3 Å². The molecule has 1 saturated carbocycles. The molecule has 10 nitrogen and oxygen atoms in total. The number of amides is 3. The van der Waals surface area contributed by atoms with E-state index < -0.39 is 47.5 Å². The molecule has 0 unspecified atom stereocenters. The monoisotopic (exact) mass is 389 g/mol. The molecule has 1 N–H and O–H groups in total. The number of nitro benzene ring substituents is 1. The third kappa shape index (κ3) is 4.00. The predicted molar refractivity (Wildman–Crippen MR) is 94.4 cm³/mol. The number of hydrogen-bond acceptors (Lipinski definition) is 7. The third-order valence-corrected chi connectivity index (χ3v) is 4.80. The zero-order valence-corrected chi connectivity index (χ0v) is 15.0. The Labute approximate surface area is 160 Å². The first-order valence-corrected chi connectivity index (χ1v) is 8.97. The molecule has 0 atom stereocenters. The van der Waals surface area contributed by atoms with Gasteiger partial charge in [-0.25, -0.2) is 0 Å². The summed E-state index contributed by atoms with van der Waals surface area (Å²) < 4.78 is 4.85. The van der Waals surface area contributed by atoms with Gasteiger partial charge in [0, 0.05) is 12.1 Å². The van der Waals surface area contributed by atoms with Crippen molar-refractivity contribution in [2.24, 2.45) is 0 Å². The van der Waals surface area contributed by atoms with E-state index in [0.29, 0.717) is 4.90 Å². The molecule has 0 spiro atoms. The van der Waals surface area contributed by atoms with Crippen molar-refractivity contribution in [3.05, 3.63) is 39.4 Å². The van der Waals surface area contributed by atoms with Crippen LogP contribution in [0.5, 0.6) is 0 Å². The summed E-state index contributed by atoms with van der Waals surface area (Å²) in [5.74, 6) is -3.14. The van der Waals surface area contributed by atoms with E-state index in [1.54, 1.807) is 0 Å². The molecule has 28 heavy (non-hydrogen) atoms. The molecule has 0 bridgehead atoms. The molecule has 10 heteroatoms. The Balaban J connectivity index is 1.56. The van der Waals surface area contributed by atoms with Gasteiger partial charge >= 0.3 is 5.97 Å². The molecule has 1 aromatic rings. The highest BCUT2D eigenvalue weighted by molar-refractivity contribution is 6.24. The van der Waals surface area contributed by atoms with Crippen LogP contribution in [0.3, 0.4) is 0 Å². The molecular weight excluding hydrogens is 370 g/mol. The quantitative estimate of drug-likeness (QED) is 0.334. The van der Waals surface area contributed by atoms with Crippen LogP contribution in [0.25, 0.3) is 0 Å². The van der Waals surface area contributed by atoms with Crippen LogP contribution in [0.1, 0.15) is 52.8 Å². The van der Waals surface area contributed by atoms with E-state index in [1.165, 1.54) is 12.1 Å². The second kappa shape index (κ2) is 8.15. The van der Waals surface area contributed by atoms with Gasteiger partial charge in [0.15, 0.2) is 6.61 Å². The fraction of sp³-hybridized carbons (Fsp3) is 0.444. The van der Waals surface area contributed by atoms with Crippen LogP contribution in [0.15, 0.2) is 18.2 Å². The van der Waals surface area contributed by atoms with Gasteiger partial charge in [-0.15, -0.1) is 0 Å². The van der Waals surface area contributed by atoms with Gasteiger partial charge in [-0.1, -0.05) is 25.3 Å². The van der Waals surface area contributed by atoms with Crippen LogP contribution in [0.4, 0.5) is 5.69 Å². The smallest absolute Gasteiger partial charge is 0.326 e. The number of carbonyl (C=O) groups is 4. The predicted octanol–water partition coefficient (Wildman–Crippen LogP) is 1.18. The van der Waals surface area contributed by atoms with Gasteiger partial charge in [0.25, 0.3) is 23.4 Å². The van der Waals surface area contributed by atoms with E-state index in [2.05, 4.69) is 5.32 Å². The third-order valence-electron chi connectivity index (χ3n) is 4.80. The van der Waals surface area contributed by atoms with Gasteiger partial charge in [-0.3, -0.25) is 34.2 Å². The van der Waals surface area contributed by atoms with E-state index in [-0.39, 0.29) is 17.2 Å². The Hall–Kier alpha value is -3.30. The van der Waals surface area contributed by atoms with E-state index in [4.69, 9.17) is 4.74 Å². The number of ether oxygens (including phenoxy) is 1. The largest absolute Gasteiger partial charge is 0.454 e. The maximum absolute atomic E-state index is 12.4. The summed E-state index contributed by atoms with van der Waals surface area (Å²) in [5.41, 5.74) is -0.985. The lowest BCUT2D eigenvalue weighted by Crippen LogP contribution is -2.40. The highest BCUT2D eigenvalue weighted by atomic mass is 16.6. The lowest BCUT2D eigenvalue weighted by atomic mass is 9.95. The second-order valence-electron chi connectivity index (χ2n) is 6.72. The van der Waals surface area contributed by atoms with Crippen molar-refractivity contribution in [3.8, 4) is 0 Å². The van der Waals surface area contributed by atoms with E-state index in [9.17, 15) is 29.3 Å². The number of nitrogens with one attached hydrogen (secondary N) is 1. The molecule has 148 valence electrons. The maximum atomic E-state index is 12.4. The fourth-order valence-electron chi connectivity index (χ4n) is 3.45. The fourth-order valence-corrected chi connectivity index (χ4v) is 3.45. The van der Waals surface area contributed by atoms with Crippen LogP contribution in [0.2, 0.25) is 0 Å². The molecular formula is C18H19N3O7. The van der Waals surface area contributed by atoms with Crippen molar-refractivity contribution in [2.75, 3.05) is 13.2 Å². The van der Waals surface area contributed by atoms with Crippen molar-refractivity contribution in [3.63, 3.8) is 0 Å². The summed E-state index contributed by atoms with van der Waals surface area (Å²) in [6.07, 6.45) is 4.98. The summed E-state index contributed by atoms with van der Waals surface area (Å²) in [5, 5.41) is 13.9. The Morgan fingerprint density at radius 1 is 1.18 bits per heavy atom. The first-order valence-electron chi connectivity index (χ1n) is 8.97. The van der Waals surface area contributed by atoms with Gasteiger partial charge < -0.3 is 10.1 Å². The van der Waals surface area contributed by atoms with Crippen molar-refractivity contribution in [1.82, 2.24) is 10.2 Å². The van der Waals surface area contributed by atoms with Crippen molar-refractivity contribution >= 4 is 29.4 Å². The maximum Gasteiger partial charge on any atom is 0.326 e. The summed E-state index contributed by atoms with van der Waals surface area (Å²) in [4.78, 5) is 59.4. The van der Waals surface area contributed by atoms with E-state index in [1.807, 2.05) is 0 Å². The molecule has 1 aromatic carbocycles. The highest BCUT2D eigenvalue weighted by Gasteiger charge is 2.42. The van der Waals surface area contributed by atoms with Crippen LogP contribution >= 0.6 is 0 Å². The first kappa shape index (κ1) is 19.5. The van der Waals surface area contributed by atoms with Gasteiger partial charge in [0.2, 0.25) is 0 Å². The number of imide groups is 1. The normalized spacial score (nSPS) is 16.6. The summed E-state index contributed by atoms with van der Waals surface area (Å²) in [6, 6.07) is 3.75. The second-order valence-corrected chi connectivity index (χ2v) is 6.72. The SMILES string of the molecule is O=C(COC(=O)CN1C(=O)c2cccc([N+](=O)[O-])c2C1=O)NC1CCCCC1. The lowest BCUT2D eigenvalue weighted by molar-refractivity contribution is -0.385. The average molecular weight is 389 g/mol. The molecule has 1 aliphatic heterocycles. The van der Waals surface area contributed by atoms with Crippen molar-refractivity contribution < 1.29 is 28.8 Å². The number of rotatable bonds is 6. The molecule has 1 fully saturated rings. The molecule has 1 heterocycles. The van der Waals surface area contributed by atoms with Gasteiger partial charge in [0.05, 0.1) is 10.5 Å². The molecule has 3 amide bonds. The van der Waals surface area contributed by atoms with Crippen molar-refractivity contribution in [2.45, 2.75) is 38.1 Å². The molecule has 3 rings (SSSR count). The van der Waals surface area contributed by atoms with E-state index in [0.717, 1.165) is 38.2 Å². The minimum absolute atomic E-state index is 0.0664. The first-order chi connectivity index (χ1) is 13.4. The molecule has 0 saturated heterocycles. The molecule has 2 aliphatic rings. The number of carbonyl (C=O) groups excluding carboxylic acids is 4. The number of benzene rings is 1. The average Bonchev–Trinajstić information content (AvgIpc) is 2.92. The number of fused-ring (bicyclic) bond motifs is 1. The van der Waals surface area contributed by atoms with Crippen molar-refractivity contribution in [1.29, 1.82) is 0 Å². The van der Waals surface area contributed by atoms with Gasteiger partial charge in [0.1, 0.15) is 12.1 Å². The minimum Gasteiger partial charge on any atom is -0.454 e. The standard InChI is InChI=1S/C18H19N3O7/c22-14(19-11-5-2-1-3-6-11)10-28-15(23)9-20-17(24)12-7-4-8-13(21(26)27)16(12)18(20)25/h4,7-8,11H,1-3,5-6,9-10H2,(H,19,22). The summed E-state index contributed by atoms with van der Waals surface area (Å²) in [7, 11) is 0. The number of esters is 1. The number of nitro groups is 1. The highest BCUT2D eigenvalue weighted by Crippen LogP contribution is 2.30. The minimum atomic E-state index is -0.948. The number of hydrogen-bond donors (Lipinski definition) is 1. The van der Waals surface area contributed by atoms with Gasteiger partial charge in [-0.05, 0) is 18.9 Å². The molecule has 1 aliphatic carbocycles. The van der Waals surface area contributed by atoms with Gasteiger partial charge in [-0.2, -0.15) is 0 Å². The molecule has 0 radical (unpaired) electrons. The van der Waals surface area contributed by atoms with Crippen LogP contribution in [-0.4, -0.2) is 52.7 Å². The lowest BCUT2D eigenvalue weighted by Gasteiger charge is -2.22. The molecule has 0 aromatic heterocycles. The Morgan fingerprint density at radius 2 is 1.89 bits per heavy atom. The Kier molecular flexibility index (Phi) is 5.67. The van der Waals surface area contributed by atoms with Crippen LogP contribution in [0, 0.1) is 10.1 Å². The van der Waals surface area contributed by atoms with Crippen LogP contribution < -0.4 is 5.32 Å². The Bertz CT molecular complexity index is 846. The zero-order valence-electron chi connectivity index (χ0n) is 15.0. The van der Waals surface area contributed by atoms with E-state index >= 15 is 0 Å².